The molecular formula is C13H17F2NO. The maximum absolute atomic E-state index is 12.8. The number of hydrogen-bond donors (Lipinski definition) is 2. The van der Waals surface area contributed by atoms with Crippen molar-refractivity contribution in [2.45, 2.75) is 26.2 Å². The summed E-state index contributed by atoms with van der Waals surface area (Å²) in [5.74, 6) is -0.243. The van der Waals surface area contributed by atoms with Crippen LogP contribution >= 0.6 is 0 Å². The predicted molar refractivity (Wildman–Crippen MR) is 65.2 cm³/mol. The van der Waals surface area contributed by atoms with Gasteiger partial charge in [-0.1, -0.05) is 26.0 Å². The highest BCUT2D eigenvalue weighted by molar-refractivity contribution is 5.61. The first-order chi connectivity index (χ1) is 7.97. The van der Waals surface area contributed by atoms with Crippen molar-refractivity contribution in [3.8, 4) is 5.75 Å². The van der Waals surface area contributed by atoms with Crippen molar-refractivity contribution in [2.75, 3.05) is 6.54 Å². The Balaban J connectivity index is 3.32. The highest BCUT2D eigenvalue weighted by Crippen LogP contribution is 2.35. The zero-order valence-electron chi connectivity index (χ0n) is 9.95. The van der Waals surface area contributed by atoms with E-state index in [1.54, 1.807) is 18.2 Å². The Hall–Kier alpha value is -1.42. The second kappa shape index (κ2) is 5.77. The Bertz CT molecular complexity index is 414. The third-order valence-corrected chi connectivity index (χ3v) is 2.53. The molecule has 2 nitrogen and oxygen atoms in total. The molecule has 0 fully saturated rings. The number of benzene rings is 1. The van der Waals surface area contributed by atoms with E-state index < -0.39 is 6.43 Å². The fourth-order valence-electron chi connectivity index (χ4n) is 1.53. The molecule has 4 heteroatoms. The molecule has 94 valence electrons. The fraction of sp³-hybridized carbons (Fsp3) is 0.385. The summed E-state index contributed by atoms with van der Waals surface area (Å²) in [6, 6.07) is 3.06. The molecule has 1 aromatic carbocycles. The molecule has 1 rings (SSSR count). The molecule has 0 saturated heterocycles. The average molecular weight is 241 g/mol. The minimum absolute atomic E-state index is 0.123. The maximum Gasteiger partial charge on any atom is 0.267 e. The number of nitrogens with two attached hydrogens (primary N) is 1. The molecule has 0 spiro atoms. The summed E-state index contributed by atoms with van der Waals surface area (Å²) in [6.45, 7) is 4.13. The molecule has 0 heterocycles. The van der Waals surface area contributed by atoms with Gasteiger partial charge in [0, 0.05) is 12.1 Å². The van der Waals surface area contributed by atoms with Gasteiger partial charge in [-0.15, -0.1) is 0 Å². The smallest absolute Gasteiger partial charge is 0.267 e. The van der Waals surface area contributed by atoms with E-state index in [1.165, 1.54) is 6.07 Å². The lowest BCUT2D eigenvalue weighted by Crippen LogP contribution is -1.96. The van der Waals surface area contributed by atoms with E-state index >= 15 is 0 Å². The van der Waals surface area contributed by atoms with Crippen LogP contribution in [0.15, 0.2) is 18.2 Å². The largest absolute Gasteiger partial charge is 0.507 e. The van der Waals surface area contributed by atoms with Crippen molar-refractivity contribution in [3.63, 3.8) is 0 Å². The van der Waals surface area contributed by atoms with Crippen molar-refractivity contribution in [1.82, 2.24) is 0 Å². The number of rotatable bonds is 4. The molecule has 3 N–H and O–H groups in total. The lowest BCUT2D eigenvalue weighted by atomic mass is 9.96. The first kappa shape index (κ1) is 13.6. The molecule has 0 unspecified atom stereocenters. The van der Waals surface area contributed by atoms with Crippen LogP contribution in [0.3, 0.4) is 0 Å². The maximum atomic E-state index is 12.8. The lowest BCUT2D eigenvalue weighted by Gasteiger charge is -2.12. The monoisotopic (exact) mass is 241 g/mol. The molecule has 1 aromatic rings. The van der Waals surface area contributed by atoms with Gasteiger partial charge in [0.05, 0.1) is 5.56 Å². The number of alkyl halides is 2. The second-order valence-corrected chi connectivity index (χ2v) is 4.14. The van der Waals surface area contributed by atoms with Gasteiger partial charge in [0.25, 0.3) is 6.43 Å². The number of halogens is 2. The van der Waals surface area contributed by atoms with E-state index in [-0.39, 0.29) is 17.2 Å². The normalized spacial score (nSPS) is 11.9. The molecule has 0 saturated carbocycles. The molecule has 17 heavy (non-hydrogen) atoms. The van der Waals surface area contributed by atoms with Crippen LogP contribution in [0.25, 0.3) is 6.08 Å². The summed E-state index contributed by atoms with van der Waals surface area (Å²) in [5, 5.41) is 9.72. The van der Waals surface area contributed by atoms with Crippen molar-refractivity contribution in [1.29, 1.82) is 0 Å². The van der Waals surface area contributed by atoms with Gasteiger partial charge in [0.2, 0.25) is 0 Å². The Morgan fingerprint density at radius 3 is 2.47 bits per heavy atom. The molecule has 0 aliphatic carbocycles. The van der Waals surface area contributed by atoms with Crippen molar-refractivity contribution >= 4 is 6.08 Å². The second-order valence-electron chi connectivity index (χ2n) is 4.14. The molecule has 0 bridgehead atoms. The highest BCUT2D eigenvalue weighted by atomic mass is 19.3. The molecule has 0 radical (unpaired) electrons. The van der Waals surface area contributed by atoms with Gasteiger partial charge < -0.3 is 10.8 Å². The van der Waals surface area contributed by atoms with E-state index in [0.29, 0.717) is 12.1 Å². The van der Waals surface area contributed by atoms with Gasteiger partial charge in [-0.2, -0.15) is 0 Å². The molecule has 0 amide bonds. The third kappa shape index (κ3) is 3.27. The average Bonchev–Trinajstić information content (AvgIpc) is 2.26. The minimum atomic E-state index is -2.68. The summed E-state index contributed by atoms with van der Waals surface area (Å²) in [7, 11) is 0. The Labute approximate surface area is 99.8 Å². The van der Waals surface area contributed by atoms with Crippen LogP contribution in [0.5, 0.6) is 5.75 Å². The van der Waals surface area contributed by atoms with Crippen molar-refractivity contribution in [3.05, 3.63) is 34.9 Å². The van der Waals surface area contributed by atoms with Gasteiger partial charge in [0.15, 0.2) is 0 Å². The standard InChI is InChI=1S/C13H17F2NO/c1-8(2)10-6-9(4-3-5-16)12(17)11(7-10)13(14)15/h3-4,6-8,13,17H,5,16H2,1-2H3/b4-3+. The minimum Gasteiger partial charge on any atom is -0.507 e. The van der Waals surface area contributed by atoms with Gasteiger partial charge in [-0.05, 0) is 23.6 Å². The fourth-order valence-corrected chi connectivity index (χ4v) is 1.53. The molecular weight excluding hydrogens is 224 g/mol. The van der Waals surface area contributed by atoms with E-state index in [9.17, 15) is 13.9 Å². The number of hydrogen-bond acceptors (Lipinski definition) is 2. The number of phenolic OH excluding ortho intramolecular Hbond substituents is 1. The third-order valence-electron chi connectivity index (χ3n) is 2.53. The van der Waals surface area contributed by atoms with Crippen LogP contribution in [0.2, 0.25) is 0 Å². The topological polar surface area (TPSA) is 46.2 Å². The molecule has 0 aliphatic rings. The van der Waals surface area contributed by atoms with Gasteiger partial charge in [-0.25, -0.2) is 8.78 Å². The molecule has 0 atom stereocenters. The van der Waals surface area contributed by atoms with Crippen LogP contribution in [-0.4, -0.2) is 11.7 Å². The van der Waals surface area contributed by atoms with Crippen LogP contribution in [0.1, 0.15) is 42.9 Å². The van der Waals surface area contributed by atoms with E-state index in [2.05, 4.69) is 0 Å². The van der Waals surface area contributed by atoms with E-state index in [4.69, 9.17) is 5.73 Å². The van der Waals surface area contributed by atoms with Gasteiger partial charge >= 0.3 is 0 Å². The lowest BCUT2D eigenvalue weighted by molar-refractivity contribution is 0.147. The SMILES string of the molecule is CC(C)c1cc(/C=C/CN)c(O)c(C(F)F)c1. The van der Waals surface area contributed by atoms with E-state index in [1.807, 2.05) is 13.8 Å². The first-order valence-corrected chi connectivity index (χ1v) is 5.49. The van der Waals surface area contributed by atoms with Crippen LogP contribution in [0.4, 0.5) is 8.78 Å². The number of aromatic hydroxyl groups is 1. The zero-order valence-corrected chi connectivity index (χ0v) is 9.95. The quantitative estimate of drug-likeness (QED) is 0.848. The zero-order chi connectivity index (χ0) is 13.0. The summed E-state index contributed by atoms with van der Waals surface area (Å²) in [4.78, 5) is 0. The summed E-state index contributed by atoms with van der Waals surface area (Å²) in [5.41, 5.74) is 6.14. The Kier molecular flexibility index (Phi) is 4.63. The highest BCUT2D eigenvalue weighted by Gasteiger charge is 2.17. The Morgan fingerprint density at radius 2 is 2.00 bits per heavy atom. The van der Waals surface area contributed by atoms with Gasteiger partial charge in [0.1, 0.15) is 5.75 Å². The number of phenols is 1. The molecule has 0 aromatic heterocycles. The van der Waals surface area contributed by atoms with Crippen molar-refractivity contribution in [2.24, 2.45) is 5.73 Å². The molecule has 0 aliphatic heterocycles. The van der Waals surface area contributed by atoms with Crippen LogP contribution in [-0.2, 0) is 0 Å². The van der Waals surface area contributed by atoms with E-state index in [0.717, 1.165) is 5.56 Å². The van der Waals surface area contributed by atoms with Gasteiger partial charge in [-0.3, -0.25) is 0 Å². The van der Waals surface area contributed by atoms with Crippen molar-refractivity contribution < 1.29 is 13.9 Å². The van der Waals surface area contributed by atoms with Crippen LogP contribution in [0, 0.1) is 0 Å². The van der Waals surface area contributed by atoms with Crippen LogP contribution < -0.4 is 5.73 Å². The summed E-state index contributed by atoms with van der Waals surface area (Å²) < 4.78 is 25.5. The summed E-state index contributed by atoms with van der Waals surface area (Å²) in [6.07, 6.45) is 0.500. The predicted octanol–water partition coefficient (Wildman–Crippen LogP) is 3.43. The Morgan fingerprint density at radius 1 is 1.35 bits per heavy atom. The summed E-state index contributed by atoms with van der Waals surface area (Å²) >= 11 is 0. The first-order valence-electron chi connectivity index (χ1n) is 5.49.